The summed E-state index contributed by atoms with van der Waals surface area (Å²) in [5, 5.41) is 0.246. The van der Waals surface area contributed by atoms with E-state index in [4.69, 9.17) is 14.2 Å². The Hall–Kier alpha value is -1.90. The highest BCUT2D eigenvalue weighted by atomic mass is 32.2. The first-order valence-corrected chi connectivity index (χ1v) is 11.9. The normalized spacial score (nSPS) is 19.9. The number of nitrogens with zero attached hydrogens (tertiary/aromatic N) is 1. The Morgan fingerprint density at radius 3 is 2.75 bits per heavy atom. The molecule has 28 heavy (non-hydrogen) atoms. The number of fused-ring (bicyclic) bond motifs is 1. The lowest BCUT2D eigenvalue weighted by Crippen LogP contribution is -2.36. The number of benzene rings is 2. The first-order chi connectivity index (χ1) is 13.6. The van der Waals surface area contributed by atoms with Crippen LogP contribution < -0.4 is 14.2 Å². The summed E-state index contributed by atoms with van der Waals surface area (Å²) < 4.78 is 43.4. The average molecular weight is 422 g/mol. The third-order valence-electron chi connectivity index (χ3n) is 4.82. The number of thioether (sulfide) groups is 1. The van der Waals surface area contributed by atoms with Crippen LogP contribution in [0.5, 0.6) is 17.2 Å². The second-order valence-electron chi connectivity index (χ2n) is 6.64. The Morgan fingerprint density at radius 1 is 1.07 bits per heavy atom. The summed E-state index contributed by atoms with van der Waals surface area (Å²) in [5.74, 6) is 2.97. The van der Waals surface area contributed by atoms with Crippen LogP contribution in [0.2, 0.25) is 0 Å². The predicted octanol–water partition coefficient (Wildman–Crippen LogP) is 3.30. The number of hydrogen-bond donors (Lipinski definition) is 0. The van der Waals surface area contributed by atoms with Crippen molar-refractivity contribution in [1.29, 1.82) is 0 Å². The van der Waals surface area contributed by atoms with Crippen molar-refractivity contribution < 1.29 is 22.6 Å². The van der Waals surface area contributed by atoms with E-state index in [-0.39, 0.29) is 24.4 Å². The van der Waals surface area contributed by atoms with E-state index in [0.717, 1.165) is 29.2 Å². The van der Waals surface area contributed by atoms with E-state index in [2.05, 4.69) is 0 Å². The van der Waals surface area contributed by atoms with Gasteiger partial charge in [-0.2, -0.15) is 11.8 Å². The fourth-order valence-corrected chi connectivity index (χ4v) is 5.96. The number of ether oxygens (including phenoxy) is 3. The maximum absolute atomic E-state index is 12.7. The summed E-state index contributed by atoms with van der Waals surface area (Å²) >= 11 is 1.79. The summed E-state index contributed by atoms with van der Waals surface area (Å²) in [7, 11) is -3.34. The highest BCUT2D eigenvalue weighted by Crippen LogP contribution is 2.40. The van der Waals surface area contributed by atoms with Crippen molar-refractivity contribution in [1.82, 2.24) is 4.31 Å². The molecule has 6 nitrogen and oxygen atoms in total. The number of para-hydroxylation sites is 1. The van der Waals surface area contributed by atoms with Gasteiger partial charge in [0.2, 0.25) is 16.8 Å². The van der Waals surface area contributed by atoms with Crippen molar-refractivity contribution in [3.05, 3.63) is 54.1 Å². The zero-order chi connectivity index (χ0) is 19.4. The second kappa shape index (κ2) is 8.63. The van der Waals surface area contributed by atoms with E-state index in [1.165, 1.54) is 0 Å². The van der Waals surface area contributed by atoms with E-state index in [9.17, 15) is 8.42 Å². The topological polar surface area (TPSA) is 65.1 Å². The van der Waals surface area contributed by atoms with Gasteiger partial charge in [0.15, 0.2) is 11.5 Å². The molecule has 150 valence electrons. The van der Waals surface area contributed by atoms with Crippen LogP contribution in [-0.2, 0) is 10.0 Å². The van der Waals surface area contributed by atoms with Crippen LogP contribution in [-0.4, -0.2) is 50.7 Å². The molecule has 0 aromatic heterocycles. The van der Waals surface area contributed by atoms with Gasteiger partial charge in [-0.15, -0.1) is 0 Å². The smallest absolute Gasteiger partial charge is 0.231 e. The molecule has 1 saturated heterocycles. The van der Waals surface area contributed by atoms with E-state index < -0.39 is 10.0 Å². The highest BCUT2D eigenvalue weighted by molar-refractivity contribution is 7.99. The average Bonchev–Trinajstić information content (AvgIpc) is 3.02. The van der Waals surface area contributed by atoms with Crippen LogP contribution >= 0.6 is 11.8 Å². The number of sulfonamides is 1. The zero-order valence-electron chi connectivity index (χ0n) is 15.5. The maximum atomic E-state index is 12.7. The minimum absolute atomic E-state index is 0.0126. The Kier molecular flexibility index (Phi) is 5.99. The van der Waals surface area contributed by atoms with Crippen molar-refractivity contribution >= 4 is 21.8 Å². The lowest BCUT2D eigenvalue weighted by Gasteiger charge is -2.20. The molecule has 2 aromatic rings. The van der Waals surface area contributed by atoms with E-state index in [0.29, 0.717) is 18.8 Å². The molecular weight excluding hydrogens is 398 g/mol. The molecule has 2 aliphatic rings. The van der Waals surface area contributed by atoms with Crippen LogP contribution in [0.1, 0.15) is 17.2 Å². The molecular formula is C20H23NO5S2. The highest BCUT2D eigenvalue weighted by Gasteiger charge is 2.27. The molecule has 0 spiro atoms. The van der Waals surface area contributed by atoms with Gasteiger partial charge in [-0.05, 0) is 36.2 Å². The Morgan fingerprint density at radius 2 is 1.89 bits per heavy atom. The fourth-order valence-electron chi connectivity index (χ4n) is 3.32. The van der Waals surface area contributed by atoms with Gasteiger partial charge in [-0.1, -0.05) is 24.3 Å². The van der Waals surface area contributed by atoms with Gasteiger partial charge in [0.1, 0.15) is 12.4 Å². The minimum atomic E-state index is -3.34. The van der Waals surface area contributed by atoms with Crippen LogP contribution in [0.15, 0.2) is 48.5 Å². The molecule has 1 unspecified atom stereocenters. The summed E-state index contributed by atoms with van der Waals surface area (Å²) in [6, 6.07) is 15.3. The zero-order valence-corrected chi connectivity index (χ0v) is 17.1. The van der Waals surface area contributed by atoms with Gasteiger partial charge in [0.05, 0.1) is 5.75 Å². The first-order valence-electron chi connectivity index (χ1n) is 9.29. The van der Waals surface area contributed by atoms with Crippen molar-refractivity contribution in [2.75, 3.05) is 38.0 Å². The minimum Gasteiger partial charge on any atom is -0.492 e. The van der Waals surface area contributed by atoms with Crippen molar-refractivity contribution in [2.45, 2.75) is 11.7 Å². The summed E-state index contributed by atoms with van der Waals surface area (Å²) in [6.45, 7) is 1.45. The number of hydrogen-bond acceptors (Lipinski definition) is 6. The lowest BCUT2D eigenvalue weighted by atomic mass is 10.1. The van der Waals surface area contributed by atoms with E-state index >= 15 is 0 Å². The van der Waals surface area contributed by atoms with Gasteiger partial charge < -0.3 is 14.2 Å². The third kappa shape index (κ3) is 4.56. The molecule has 1 atom stereocenters. The molecule has 0 bridgehead atoms. The molecule has 0 amide bonds. The van der Waals surface area contributed by atoms with E-state index in [1.807, 2.05) is 48.5 Å². The molecule has 2 aliphatic heterocycles. The Labute approximate surface area is 169 Å². The number of rotatable bonds is 6. The van der Waals surface area contributed by atoms with Crippen LogP contribution in [0.4, 0.5) is 0 Å². The second-order valence-corrected chi connectivity index (χ2v) is 10.0. The molecule has 2 heterocycles. The standard InChI is InChI=1S/C20H23NO5S2/c22-28(23,13-11-24-17-4-2-1-3-5-17)21-9-8-20(27-12-10-21)16-6-7-18-19(14-16)26-15-25-18/h1-7,14,20H,8-13,15H2. The molecule has 4 rings (SSSR count). The van der Waals surface area contributed by atoms with Crippen molar-refractivity contribution in [3.8, 4) is 17.2 Å². The predicted molar refractivity (Wildman–Crippen MR) is 110 cm³/mol. The lowest BCUT2D eigenvalue weighted by molar-refractivity contribution is 0.174. The van der Waals surface area contributed by atoms with Gasteiger partial charge in [-0.3, -0.25) is 0 Å². The summed E-state index contributed by atoms with van der Waals surface area (Å²) in [4.78, 5) is 0. The van der Waals surface area contributed by atoms with Gasteiger partial charge in [-0.25, -0.2) is 12.7 Å². The maximum Gasteiger partial charge on any atom is 0.231 e. The molecule has 8 heteroatoms. The fraction of sp³-hybridized carbons (Fsp3) is 0.400. The van der Waals surface area contributed by atoms with Crippen molar-refractivity contribution in [3.63, 3.8) is 0 Å². The van der Waals surface area contributed by atoms with Crippen molar-refractivity contribution in [2.24, 2.45) is 0 Å². The Balaban J connectivity index is 1.34. The summed E-state index contributed by atoms with van der Waals surface area (Å²) in [5.41, 5.74) is 1.15. The molecule has 2 aromatic carbocycles. The molecule has 0 N–H and O–H groups in total. The van der Waals surface area contributed by atoms with Gasteiger partial charge >= 0.3 is 0 Å². The quantitative estimate of drug-likeness (QED) is 0.713. The molecule has 0 saturated carbocycles. The van der Waals surface area contributed by atoms with E-state index in [1.54, 1.807) is 16.1 Å². The van der Waals surface area contributed by atoms with Crippen LogP contribution in [0.3, 0.4) is 0 Å². The van der Waals surface area contributed by atoms with Crippen LogP contribution in [0, 0.1) is 0 Å². The first kappa shape index (κ1) is 19.4. The SMILES string of the molecule is O=S(=O)(CCOc1ccccc1)N1CCSC(c2ccc3c(c2)OCO3)CC1. The van der Waals surface area contributed by atoms with Gasteiger partial charge in [0, 0.05) is 24.1 Å². The molecule has 0 aliphatic carbocycles. The molecule has 0 radical (unpaired) electrons. The summed E-state index contributed by atoms with van der Waals surface area (Å²) in [6.07, 6.45) is 0.767. The largest absolute Gasteiger partial charge is 0.492 e. The molecule has 1 fully saturated rings. The third-order valence-corrected chi connectivity index (χ3v) is 7.98. The van der Waals surface area contributed by atoms with Gasteiger partial charge in [0.25, 0.3) is 0 Å². The van der Waals surface area contributed by atoms with Crippen LogP contribution in [0.25, 0.3) is 0 Å². The monoisotopic (exact) mass is 421 g/mol. The Bertz CT molecular complexity index is 904.